The van der Waals surface area contributed by atoms with Crippen LogP contribution in [0.4, 0.5) is 11.6 Å². The fraction of sp³-hybridized carbons (Fsp3) is 0.0769. The molecule has 0 aliphatic carbocycles. The van der Waals surface area contributed by atoms with Crippen LogP contribution in [0.15, 0.2) is 41.3 Å². The molecule has 7 nitrogen and oxygen atoms in total. The predicted octanol–water partition coefficient (Wildman–Crippen LogP) is 2.72. The number of benzene rings is 1. The standard InChI is InChI=1S/C13H10N4O3/c1-2-7-15-13-11(8-14)16-12(20-13)9-3-5-10(6-4-9)17(18)19/h2-6,15H,1,7H2. The fourth-order valence-electron chi connectivity index (χ4n) is 1.53. The first-order valence-corrected chi connectivity index (χ1v) is 5.66. The molecule has 1 aromatic heterocycles. The largest absolute Gasteiger partial charge is 0.419 e. The Bertz CT molecular complexity index is 683. The summed E-state index contributed by atoms with van der Waals surface area (Å²) in [4.78, 5) is 14.1. The van der Waals surface area contributed by atoms with Crippen LogP contribution in [0, 0.1) is 21.4 Å². The Morgan fingerprint density at radius 2 is 2.20 bits per heavy atom. The number of rotatable bonds is 5. The monoisotopic (exact) mass is 270 g/mol. The highest BCUT2D eigenvalue weighted by Crippen LogP contribution is 2.26. The van der Waals surface area contributed by atoms with Gasteiger partial charge < -0.3 is 9.73 Å². The number of hydrogen-bond acceptors (Lipinski definition) is 6. The zero-order chi connectivity index (χ0) is 14.5. The number of nitrogens with zero attached hydrogens (tertiary/aromatic N) is 3. The van der Waals surface area contributed by atoms with Crippen molar-refractivity contribution in [3.05, 3.63) is 52.7 Å². The zero-order valence-corrected chi connectivity index (χ0v) is 10.4. The number of nitrogens with one attached hydrogen (secondary N) is 1. The maximum Gasteiger partial charge on any atom is 0.269 e. The lowest BCUT2D eigenvalue weighted by molar-refractivity contribution is -0.384. The quantitative estimate of drug-likeness (QED) is 0.508. The lowest BCUT2D eigenvalue weighted by Crippen LogP contribution is -1.97. The Balaban J connectivity index is 2.33. The molecule has 0 amide bonds. The van der Waals surface area contributed by atoms with E-state index in [-0.39, 0.29) is 23.2 Å². The van der Waals surface area contributed by atoms with Crippen molar-refractivity contribution >= 4 is 11.6 Å². The van der Waals surface area contributed by atoms with Gasteiger partial charge in [-0.05, 0) is 12.1 Å². The van der Waals surface area contributed by atoms with Gasteiger partial charge in [0.1, 0.15) is 6.07 Å². The Labute approximate surface area is 114 Å². The van der Waals surface area contributed by atoms with Gasteiger partial charge in [-0.1, -0.05) is 6.08 Å². The molecule has 0 aliphatic heterocycles. The molecule has 2 aromatic rings. The van der Waals surface area contributed by atoms with E-state index in [4.69, 9.17) is 9.68 Å². The third kappa shape index (κ3) is 2.64. The summed E-state index contributed by atoms with van der Waals surface area (Å²) >= 11 is 0. The van der Waals surface area contributed by atoms with Crippen molar-refractivity contribution in [3.8, 4) is 17.5 Å². The molecule has 7 heteroatoms. The maximum absolute atomic E-state index is 10.6. The first-order chi connectivity index (χ1) is 9.65. The first-order valence-electron chi connectivity index (χ1n) is 5.66. The summed E-state index contributed by atoms with van der Waals surface area (Å²) < 4.78 is 5.43. The van der Waals surface area contributed by atoms with Crippen LogP contribution < -0.4 is 5.32 Å². The smallest absolute Gasteiger partial charge is 0.269 e. The van der Waals surface area contributed by atoms with Crippen LogP contribution in [0.2, 0.25) is 0 Å². The molecule has 1 aromatic carbocycles. The van der Waals surface area contributed by atoms with Gasteiger partial charge in [-0.3, -0.25) is 10.1 Å². The molecule has 0 spiro atoms. The van der Waals surface area contributed by atoms with Crippen molar-refractivity contribution < 1.29 is 9.34 Å². The fourth-order valence-corrected chi connectivity index (χ4v) is 1.53. The van der Waals surface area contributed by atoms with Crippen LogP contribution in [0.3, 0.4) is 0 Å². The lowest BCUT2D eigenvalue weighted by atomic mass is 10.2. The van der Waals surface area contributed by atoms with Crippen LogP contribution in [0.25, 0.3) is 11.5 Å². The van der Waals surface area contributed by atoms with Crippen LogP contribution in [0.1, 0.15) is 5.69 Å². The second-order valence-corrected chi connectivity index (χ2v) is 3.78. The van der Waals surface area contributed by atoms with Gasteiger partial charge in [0.25, 0.3) is 5.69 Å². The number of aromatic nitrogens is 1. The van der Waals surface area contributed by atoms with Crippen molar-refractivity contribution in [3.63, 3.8) is 0 Å². The highest BCUT2D eigenvalue weighted by molar-refractivity contribution is 5.60. The predicted molar refractivity (Wildman–Crippen MR) is 72.0 cm³/mol. The average molecular weight is 270 g/mol. The van der Waals surface area contributed by atoms with Crippen molar-refractivity contribution in [2.24, 2.45) is 0 Å². The minimum absolute atomic E-state index is 0.0224. The molecule has 2 rings (SSSR count). The van der Waals surface area contributed by atoms with Gasteiger partial charge in [0.2, 0.25) is 17.5 Å². The molecule has 100 valence electrons. The Hall–Kier alpha value is -3.14. The summed E-state index contributed by atoms with van der Waals surface area (Å²) in [6.45, 7) is 3.99. The molecule has 0 saturated heterocycles. The van der Waals surface area contributed by atoms with Gasteiger partial charge in [-0.2, -0.15) is 10.2 Å². The molecule has 0 unspecified atom stereocenters. The average Bonchev–Trinajstić information content (AvgIpc) is 2.88. The van der Waals surface area contributed by atoms with E-state index >= 15 is 0 Å². The second kappa shape index (κ2) is 5.67. The maximum atomic E-state index is 10.6. The van der Waals surface area contributed by atoms with Gasteiger partial charge in [0, 0.05) is 24.2 Å². The molecule has 0 aliphatic rings. The zero-order valence-electron chi connectivity index (χ0n) is 10.4. The summed E-state index contributed by atoms with van der Waals surface area (Å²) in [5.74, 6) is 0.476. The van der Waals surface area contributed by atoms with E-state index in [1.54, 1.807) is 6.08 Å². The Kier molecular flexibility index (Phi) is 3.77. The first kappa shape index (κ1) is 13.3. The van der Waals surface area contributed by atoms with Gasteiger partial charge in [-0.25, -0.2) is 0 Å². The van der Waals surface area contributed by atoms with Gasteiger partial charge in [0.15, 0.2) is 0 Å². The number of nitro benzene ring substituents is 1. The molecule has 0 fully saturated rings. The van der Waals surface area contributed by atoms with Gasteiger partial charge >= 0.3 is 0 Å². The Morgan fingerprint density at radius 3 is 2.75 bits per heavy atom. The van der Waals surface area contributed by atoms with E-state index in [9.17, 15) is 10.1 Å². The lowest BCUT2D eigenvalue weighted by Gasteiger charge is -1.97. The number of nitro groups is 1. The highest BCUT2D eigenvalue weighted by Gasteiger charge is 2.14. The number of oxazole rings is 1. The number of non-ortho nitro benzene ring substituents is 1. The van der Waals surface area contributed by atoms with Crippen molar-refractivity contribution in [1.29, 1.82) is 5.26 Å². The van der Waals surface area contributed by atoms with E-state index in [1.807, 2.05) is 6.07 Å². The van der Waals surface area contributed by atoms with E-state index < -0.39 is 4.92 Å². The van der Waals surface area contributed by atoms with Gasteiger partial charge in [-0.15, -0.1) is 6.58 Å². The molecule has 0 saturated carbocycles. The van der Waals surface area contributed by atoms with E-state index in [2.05, 4.69) is 16.9 Å². The molecule has 0 atom stereocenters. The molecule has 0 bridgehead atoms. The van der Waals surface area contributed by atoms with Crippen LogP contribution >= 0.6 is 0 Å². The Morgan fingerprint density at radius 1 is 1.50 bits per heavy atom. The minimum atomic E-state index is -0.489. The van der Waals surface area contributed by atoms with Crippen molar-refractivity contribution in [2.45, 2.75) is 0 Å². The minimum Gasteiger partial charge on any atom is -0.419 e. The molecule has 1 heterocycles. The third-order valence-electron chi connectivity index (χ3n) is 2.47. The summed E-state index contributed by atoms with van der Waals surface area (Å²) in [6, 6.07) is 7.65. The summed E-state index contributed by atoms with van der Waals surface area (Å²) in [7, 11) is 0. The normalized spacial score (nSPS) is 9.75. The van der Waals surface area contributed by atoms with E-state index in [0.717, 1.165) is 0 Å². The van der Waals surface area contributed by atoms with E-state index in [1.165, 1.54) is 24.3 Å². The van der Waals surface area contributed by atoms with Gasteiger partial charge in [0.05, 0.1) is 4.92 Å². The van der Waals surface area contributed by atoms with Crippen molar-refractivity contribution in [2.75, 3.05) is 11.9 Å². The topological polar surface area (TPSA) is 105 Å². The van der Waals surface area contributed by atoms with Crippen LogP contribution in [-0.2, 0) is 0 Å². The SMILES string of the molecule is C=CCNc1oc(-c2ccc([N+](=O)[O-])cc2)nc1C#N. The molecule has 0 radical (unpaired) electrons. The molecule has 1 N–H and O–H groups in total. The van der Waals surface area contributed by atoms with Crippen LogP contribution in [-0.4, -0.2) is 16.5 Å². The number of nitriles is 1. The molecule has 20 heavy (non-hydrogen) atoms. The van der Waals surface area contributed by atoms with E-state index in [0.29, 0.717) is 12.1 Å². The summed E-state index contributed by atoms with van der Waals surface area (Å²) in [6.07, 6.45) is 1.62. The summed E-state index contributed by atoms with van der Waals surface area (Å²) in [5.41, 5.74) is 0.657. The second-order valence-electron chi connectivity index (χ2n) is 3.78. The molecular formula is C13H10N4O3. The third-order valence-corrected chi connectivity index (χ3v) is 2.47. The van der Waals surface area contributed by atoms with Crippen LogP contribution in [0.5, 0.6) is 0 Å². The van der Waals surface area contributed by atoms with Crippen molar-refractivity contribution in [1.82, 2.24) is 4.98 Å². The number of anilines is 1. The molecular weight excluding hydrogens is 260 g/mol. The highest BCUT2D eigenvalue weighted by atomic mass is 16.6. The summed E-state index contributed by atoms with van der Waals surface area (Å²) in [5, 5.41) is 22.4. The number of hydrogen-bond donors (Lipinski definition) is 1.